The van der Waals surface area contributed by atoms with E-state index in [2.05, 4.69) is 0 Å². The Kier molecular flexibility index (Phi) is 24.1. The zero-order valence-electron chi connectivity index (χ0n) is 55.0. The minimum atomic E-state index is -1.15. The summed E-state index contributed by atoms with van der Waals surface area (Å²) < 4.78 is 102. The molecule has 1 aliphatic carbocycles. The summed E-state index contributed by atoms with van der Waals surface area (Å²) >= 11 is 0. The average Bonchev–Trinajstić information content (AvgIpc) is 0.750. The van der Waals surface area contributed by atoms with Crippen LogP contribution in [0.5, 0.6) is 46.0 Å². The van der Waals surface area contributed by atoms with E-state index in [-0.39, 0.29) is 272 Å². The van der Waals surface area contributed by atoms with Crippen LogP contribution in [0.1, 0.15) is 117 Å². The highest BCUT2D eigenvalue weighted by atomic mass is 16.6. The largest absolute Gasteiger partial charge is 0.488 e. The zero-order chi connectivity index (χ0) is 68.7. The number of hydroxylamine groups is 2. The van der Waals surface area contributed by atoms with E-state index in [9.17, 15) is 30.6 Å². The molecule has 0 spiro atoms. The normalized spacial score (nSPS) is 20.1. The van der Waals surface area contributed by atoms with Crippen LogP contribution < -0.4 is 48.0 Å². The maximum absolute atomic E-state index is 15.2. The van der Waals surface area contributed by atoms with Crippen LogP contribution in [0.15, 0.2) is 84.9 Å². The number of carbonyl (C=O) groups excluding carboxylic acids is 2. The SMILES string of the molecule is CC1c2cc3c4c(N(O)C(=O)c5ccccc5)c2OCCOCCOCCOc2c1cc1c(c2[N+](=O)[O-])OCCOCCOCCOc2c(cc5c(c2N(O)C(=O)c2ccccc2)OCCOCCOCCOc2c(cc(c(c2[N+](=O)[O-])OCCOCCOCCO4)C3C)C5C)C1C. The summed E-state index contributed by atoms with van der Waals surface area (Å²) in [7, 11) is 0. The Balaban J connectivity index is 1.36. The predicted octanol–water partition coefficient (Wildman–Crippen LogP) is 9.71. The summed E-state index contributed by atoms with van der Waals surface area (Å²) in [5.74, 6) is -8.11. The van der Waals surface area contributed by atoms with Crippen LogP contribution in [0, 0.1) is 20.2 Å². The molecule has 0 radical (unpaired) electrons. The molecule has 2 N–H and O–H groups in total. The van der Waals surface area contributed by atoms with Crippen LogP contribution in [0.2, 0.25) is 0 Å². The van der Waals surface area contributed by atoms with Gasteiger partial charge in [-0.15, -0.1) is 0 Å². The molecule has 28 nitrogen and oxygen atoms in total. The molecule has 0 fully saturated rings. The molecule has 4 atom stereocenters. The maximum Gasteiger partial charge on any atom is 0.352 e. The molecule has 6 aromatic rings. The fourth-order valence-corrected chi connectivity index (χ4v) is 12.4. The second kappa shape index (κ2) is 33.5. The van der Waals surface area contributed by atoms with Crippen LogP contribution >= 0.6 is 0 Å². The Morgan fingerprint density at radius 1 is 0.327 bits per heavy atom. The van der Waals surface area contributed by atoms with Gasteiger partial charge in [0.1, 0.15) is 52.9 Å². The van der Waals surface area contributed by atoms with Gasteiger partial charge < -0.3 is 75.8 Å². The molecule has 4 unspecified atom stereocenters. The van der Waals surface area contributed by atoms with Crippen LogP contribution in [-0.2, 0) is 37.9 Å². The maximum atomic E-state index is 15.2. The van der Waals surface area contributed by atoms with Crippen molar-refractivity contribution in [3.05, 3.63) is 161 Å². The average molecular weight is 1360 g/mol. The summed E-state index contributed by atoms with van der Waals surface area (Å²) in [4.78, 5) is 58.1. The van der Waals surface area contributed by atoms with Gasteiger partial charge in [0.15, 0.2) is 34.4 Å². The number of hydrogen-bond acceptors (Lipinski definition) is 24. The lowest BCUT2D eigenvalue weighted by atomic mass is 9.79. The molecule has 6 aromatic carbocycles. The lowest BCUT2D eigenvalue weighted by molar-refractivity contribution is -0.387. The first-order valence-electron chi connectivity index (χ1n) is 32.7. The van der Waals surface area contributed by atoms with Crippen molar-refractivity contribution in [2.24, 2.45) is 0 Å². The highest BCUT2D eigenvalue weighted by Gasteiger charge is 2.43. The highest BCUT2D eigenvalue weighted by Crippen LogP contribution is 2.59. The summed E-state index contributed by atoms with van der Waals surface area (Å²) in [6.45, 7) is 5.34. The van der Waals surface area contributed by atoms with Gasteiger partial charge in [0.2, 0.25) is 23.0 Å². The molecule has 0 saturated heterocycles. The molecule has 0 aromatic heterocycles. The first-order chi connectivity index (χ1) is 47.8. The Hall–Kier alpha value is -8.94. The molecule has 0 saturated carbocycles. The molecule has 28 heteroatoms. The Labute approximate surface area is 565 Å². The topological polar surface area (TPSA) is 315 Å². The van der Waals surface area contributed by atoms with Crippen LogP contribution in [0.4, 0.5) is 22.7 Å². The number of hydrogen-bond donors (Lipinski definition) is 2. The van der Waals surface area contributed by atoms with Crippen molar-refractivity contribution in [2.75, 3.05) is 169 Å². The summed E-state index contributed by atoms with van der Waals surface area (Å²) in [5.41, 5.74) is -0.483. The number of nitro benzene ring substituents is 2. The molecule has 8 bridgehead atoms. The number of carbonyl (C=O) groups is 2. The zero-order valence-corrected chi connectivity index (χ0v) is 55.0. The van der Waals surface area contributed by atoms with Crippen molar-refractivity contribution in [2.45, 2.75) is 51.4 Å². The van der Waals surface area contributed by atoms with Gasteiger partial charge in [0.25, 0.3) is 11.8 Å². The molecule has 4 aliphatic heterocycles. The van der Waals surface area contributed by atoms with Crippen molar-refractivity contribution >= 4 is 34.6 Å². The van der Waals surface area contributed by atoms with Gasteiger partial charge in [-0.3, -0.25) is 40.2 Å². The minimum absolute atomic E-state index is 0.0459. The van der Waals surface area contributed by atoms with Crippen LogP contribution in [0.25, 0.3) is 0 Å². The van der Waals surface area contributed by atoms with Crippen molar-refractivity contribution in [3.8, 4) is 46.0 Å². The smallest absolute Gasteiger partial charge is 0.352 e. The molecule has 11 rings (SSSR count). The molecule has 4 heterocycles. The molecule has 524 valence electrons. The van der Waals surface area contributed by atoms with E-state index in [1.165, 1.54) is 24.3 Å². The van der Waals surface area contributed by atoms with Crippen molar-refractivity contribution < 1.29 is 106 Å². The minimum Gasteiger partial charge on any atom is -0.488 e. The first-order valence-corrected chi connectivity index (χ1v) is 32.7. The molecular weight excluding hydrogens is 1280 g/mol. The Morgan fingerprint density at radius 2 is 0.510 bits per heavy atom. The van der Waals surface area contributed by atoms with Crippen molar-refractivity contribution in [1.82, 2.24) is 0 Å². The number of ether oxygens (including phenoxy) is 16. The van der Waals surface area contributed by atoms with E-state index in [1.807, 2.05) is 0 Å². The number of benzene rings is 6. The summed E-state index contributed by atoms with van der Waals surface area (Å²) in [5, 5.41) is 55.9. The van der Waals surface area contributed by atoms with E-state index in [0.29, 0.717) is 10.1 Å². The third-order valence-electron chi connectivity index (χ3n) is 17.3. The summed E-state index contributed by atoms with van der Waals surface area (Å²) in [6.07, 6.45) is 0. The number of anilines is 2. The molecule has 98 heavy (non-hydrogen) atoms. The second-order valence-corrected chi connectivity index (χ2v) is 23.3. The fourth-order valence-electron chi connectivity index (χ4n) is 12.4. The van der Waals surface area contributed by atoms with E-state index < -0.39 is 56.7 Å². The summed E-state index contributed by atoms with van der Waals surface area (Å²) in [6, 6.07) is 22.8. The number of nitrogens with zero attached hydrogens (tertiary/aromatic N) is 4. The Bertz CT molecular complexity index is 3380. The molecular formula is C70H80N4O24. The van der Waals surface area contributed by atoms with E-state index in [4.69, 9.17) is 75.8 Å². The molecule has 2 amide bonds. The van der Waals surface area contributed by atoms with E-state index in [1.54, 1.807) is 88.4 Å². The lowest BCUT2D eigenvalue weighted by Crippen LogP contribution is -2.30. The van der Waals surface area contributed by atoms with Gasteiger partial charge in [-0.25, -0.2) is 0 Å². The van der Waals surface area contributed by atoms with E-state index >= 15 is 9.59 Å². The third kappa shape index (κ3) is 15.6. The van der Waals surface area contributed by atoms with Crippen molar-refractivity contribution in [1.29, 1.82) is 0 Å². The number of rotatable bonds is 6. The lowest BCUT2D eigenvalue weighted by Gasteiger charge is -2.32. The van der Waals surface area contributed by atoms with Gasteiger partial charge in [-0.2, -0.15) is 10.1 Å². The highest BCUT2D eigenvalue weighted by molar-refractivity contribution is 6.07. The predicted molar refractivity (Wildman–Crippen MR) is 350 cm³/mol. The van der Waals surface area contributed by atoms with Gasteiger partial charge in [0.05, 0.1) is 116 Å². The first kappa shape index (κ1) is 70.4. The van der Waals surface area contributed by atoms with Gasteiger partial charge in [-0.1, -0.05) is 64.1 Å². The van der Waals surface area contributed by atoms with Crippen molar-refractivity contribution in [3.63, 3.8) is 0 Å². The quantitative estimate of drug-likeness (QED) is 0.0890. The standard InChI is InChI=1S/C70H80N4O24/c1-43-49-39-50-44(2)55-42-56-46(4)52-40-51-45(3)54-41-53(43)65-59(73(79)80)66(54)96-36-28-88-20-17-85-25-33-93-63(51)58(72(78)70(76)48-13-9-6-10-14-48)64(52)94-34-26-86-18-22-90-30-38-98-68(56)60(74(81)82)67(55)97-37-29-89-21-16-84-24-32-92-62(50)57(71(77)69(75)47-11-7-5-8-12-47)61(49)91-31-23-83-15-19-87-27-35-95-65/h5-14,39-46,77-78H,15-38H2,1-4H3. The van der Waals surface area contributed by atoms with Crippen LogP contribution in [0.3, 0.4) is 0 Å². The van der Waals surface area contributed by atoms with Gasteiger partial charge in [-0.05, 0) is 48.5 Å². The van der Waals surface area contributed by atoms with E-state index in [0.717, 1.165) is 0 Å². The Morgan fingerprint density at radius 3 is 0.714 bits per heavy atom. The number of amides is 2. The molecule has 5 aliphatic rings. The van der Waals surface area contributed by atoms with Gasteiger partial charge in [0, 0.05) is 79.3 Å². The monoisotopic (exact) mass is 1360 g/mol. The van der Waals surface area contributed by atoms with Crippen LogP contribution in [-0.4, -0.2) is 191 Å². The third-order valence-corrected chi connectivity index (χ3v) is 17.3. The fraction of sp³-hybridized carbons (Fsp3) is 0.457. The second-order valence-electron chi connectivity index (χ2n) is 23.3. The van der Waals surface area contributed by atoms with Gasteiger partial charge >= 0.3 is 11.4 Å². The number of nitro groups is 2.